The van der Waals surface area contributed by atoms with E-state index < -0.39 is 12.5 Å². The molecule has 0 spiro atoms. The number of nitrogens with one attached hydrogen (secondary N) is 1. The molecule has 3 N–H and O–H groups in total. The number of anilines is 1. The number of carbonyl (C=O) groups is 1. The molecule has 0 radical (unpaired) electrons. The molecule has 1 heterocycles. The van der Waals surface area contributed by atoms with E-state index in [-0.39, 0.29) is 29.5 Å². The number of amides is 1. The van der Waals surface area contributed by atoms with Crippen molar-refractivity contribution in [2.24, 2.45) is 5.73 Å². The van der Waals surface area contributed by atoms with Crippen LogP contribution in [0.1, 0.15) is 15.5 Å². The third-order valence-corrected chi connectivity index (χ3v) is 3.70. The second-order valence-electron chi connectivity index (χ2n) is 4.36. The number of rotatable bonds is 7. The fraction of sp³-hybridized carbons (Fsp3) is 0.286. The van der Waals surface area contributed by atoms with E-state index in [0.29, 0.717) is 18.7 Å². The average molecular weight is 380 g/mol. The van der Waals surface area contributed by atoms with Crippen molar-refractivity contribution in [3.8, 4) is 11.5 Å². The standard InChI is InChI=1S/C14H15F2N3O3S.ClH/c1-21-8-2-3-11(22-14(15)16)9(6-8)19-13(20)10-7-23-12(18-10)4-5-17;/h2-3,6-7,14H,4-5,17H2,1H3,(H,19,20);1H. The Kier molecular flexibility index (Phi) is 7.83. The summed E-state index contributed by atoms with van der Waals surface area (Å²) in [5, 5.41) is 4.80. The molecule has 2 rings (SSSR count). The van der Waals surface area contributed by atoms with Crippen LogP contribution < -0.4 is 20.5 Å². The van der Waals surface area contributed by atoms with E-state index in [1.165, 1.54) is 36.6 Å². The number of hydrogen-bond donors (Lipinski definition) is 2. The van der Waals surface area contributed by atoms with Crippen molar-refractivity contribution in [1.82, 2.24) is 4.98 Å². The molecule has 24 heavy (non-hydrogen) atoms. The Bertz CT molecular complexity index is 685. The van der Waals surface area contributed by atoms with Crippen molar-refractivity contribution in [1.29, 1.82) is 0 Å². The fourth-order valence-corrected chi connectivity index (χ4v) is 2.57. The lowest BCUT2D eigenvalue weighted by molar-refractivity contribution is -0.0494. The van der Waals surface area contributed by atoms with Crippen LogP contribution in [0, 0.1) is 0 Å². The summed E-state index contributed by atoms with van der Waals surface area (Å²) in [7, 11) is 1.42. The van der Waals surface area contributed by atoms with E-state index in [0.717, 1.165) is 5.01 Å². The Morgan fingerprint density at radius 1 is 1.46 bits per heavy atom. The third-order valence-electron chi connectivity index (χ3n) is 2.79. The van der Waals surface area contributed by atoms with Crippen molar-refractivity contribution >= 4 is 35.3 Å². The first-order chi connectivity index (χ1) is 11.0. The van der Waals surface area contributed by atoms with Crippen LogP contribution in [0.4, 0.5) is 14.5 Å². The summed E-state index contributed by atoms with van der Waals surface area (Å²) in [4.78, 5) is 16.3. The van der Waals surface area contributed by atoms with Gasteiger partial charge in [-0.25, -0.2) is 4.98 Å². The van der Waals surface area contributed by atoms with Gasteiger partial charge < -0.3 is 20.5 Å². The lowest BCUT2D eigenvalue weighted by atomic mass is 10.2. The molecule has 0 saturated carbocycles. The van der Waals surface area contributed by atoms with Crippen LogP contribution in [0.3, 0.4) is 0 Å². The van der Waals surface area contributed by atoms with Crippen LogP contribution in [0.25, 0.3) is 0 Å². The molecule has 0 atom stereocenters. The Labute approximate surface area is 147 Å². The van der Waals surface area contributed by atoms with Crippen molar-refractivity contribution in [2.75, 3.05) is 19.0 Å². The zero-order chi connectivity index (χ0) is 16.8. The van der Waals surface area contributed by atoms with Gasteiger partial charge in [-0.1, -0.05) is 0 Å². The number of alkyl halides is 2. The van der Waals surface area contributed by atoms with Gasteiger partial charge in [0.15, 0.2) is 0 Å². The molecule has 1 amide bonds. The Balaban J connectivity index is 0.00000288. The molecule has 6 nitrogen and oxygen atoms in total. The van der Waals surface area contributed by atoms with Crippen LogP contribution in [0.5, 0.6) is 11.5 Å². The predicted molar refractivity (Wildman–Crippen MR) is 89.7 cm³/mol. The number of halogens is 3. The maximum absolute atomic E-state index is 12.4. The first-order valence-corrected chi connectivity index (χ1v) is 7.50. The van der Waals surface area contributed by atoms with E-state index in [1.807, 2.05) is 0 Å². The van der Waals surface area contributed by atoms with E-state index in [9.17, 15) is 13.6 Å². The number of carbonyl (C=O) groups excluding carboxylic acids is 1. The zero-order valence-corrected chi connectivity index (χ0v) is 14.3. The molecule has 0 unspecified atom stereocenters. The largest absolute Gasteiger partial charge is 0.497 e. The number of thiazole rings is 1. The highest BCUT2D eigenvalue weighted by Crippen LogP contribution is 2.31. The minimum absolute atomic E-state index is 0. The lowest BCUT2D eigenvalue weighted by Gasteiger charge is -2.12. The number of ether oxygens (including phenoxy) is 2. The Morgan fingerprint density at radius 3 is 2.83 bits per heavy atom. The highest BCUT2D eigenvalue weighted by atomic mass is 35.5. The van der Waals surface area contributed by atoms with E-state index in [2.05, 4.69) is 15.0 Å². The van der Waals surface area contributed by atoms with Gasteiger partial charge in [0.2, 0.25) is 0 Å². The Morgan fingerprint density at radius 2 is 2.21 bits per heavy atom. The number of nitrogens with zero attached hydrogens (tertiary/aromatic N) is 1. The van der Waals surface area contributed by atoms with Crippen LogP contribution >= 0.6 is 23.7 Å². The second-order valence-corrected chi connectivity index (χ2v) is 5.30. The summed E-state index contributed by atoms with van der Waals surface area (Å²) in [6, 6.07) is 4.14. The molecule has 0 aliphatic heterocycles. The van der Waals surface area contributed by atoms with Crippen LogP contribution in [-0.2, 0) is 6.42 Å². The number of benzene rings is 1. The van der Waals surface area contributed by atoms with Gasteiger partial charge in [-0.3, -0.25) is 4.79 Å². The van der Waals surface area contributed by atoms with E-state index in [1.54, 1.807) is 5.38 Å². The number of methoxy groups -OCH3 is 1. The molecule has 0 aliphatic carbocycles. The van der Waals surface area contributed by atoms with Crippen LogP contribution in [0.15, 0.2) is 23.6 Å². The number of hydrogen-bond acceptors (Lipinski definition) is 6. The normalized spacial score (nSPS) is 10.2. The van der Waals surface area contributed by atoms with Gasteiger partial charge in [0.25, 0.3) is 5.91 Å². The highest BCUT2D eigenvalue weighted by Gasteiger charge is 2.16. The topological polar surface area (TPSA) is 86.5 Å². The van der Waals surface area contributed by atoms with Crippen molar-refractivity contribution in [3.05, 3.63) is 34.3 Å². The molecule has 1 aromatic heterocycles. The minimum atomic E-state index is -3.01. The lowest BCUT2D eigenvalue weighted by Crippen LogP contribution is -2.14. The third kappa shape index (κ3) is 5.29. The van der Waals surface area contributed by atoms with E-state index in [4.69, 9.17) is 10.5 Å². The summed E-state index contributed by atoms with van der Waals surface area (Å²) in [6.07, 6.45) is 0.566. The van der Waals surface area contributed by atoms with Gasteiger partial charge in [0, 0.05) is 17.9 Å². The molecule has 2 aromatic rings. The molecule has 0 bridgehead atoms. The van der Waals surface area contributed by atoms with Gasteiger partial charge in [-0.05, 0) is 18.7 Å². The molecule has 1 aromatic carbocycles. The predicted octanol–water partition coefficient (Wildman–Crippen LogP) is 2.93. The smallest absolute Gasteiger partial charge is 0.387 e. The SMILES string of the molecule is COc1ccc(OC(F)F)c(NC(=O)c2csc(CCN)n2)c1.Cl. The number of aromatic nitrogens is 1. The maximum Gasteiger partial charge on any atom is 0.387 e. The summed E-state index contributed by atoms with van der Waals surface area (Å²) in [6.45, 7) is -2.58. The molecule has 132 valence electrons. The summed E-state index contributed by atoms with van der Waals surface area (Å²) >= 11 is 1.31. The van der Waals surface area contributed by atoms with Gasteiger partial charge in [-0.2, -0.15) is 8.78 Å². The van der Waals surface area contributed by atoms with Gasteiger partial charge in [0.05, 0.1) is 17.8 Å². The second kappa shape index (κ2) is 9.36. The number of nitrogens with two attached hydrogens (primary N) is 1. The van der Waals surface area contributed by atoms with Gasteiger partial charge in [0.1, 0.15) is 17.2 Å². The first kappa shape index (κ1) is 20.1. The van der Waals surface area contributed by atoms with Gasteiger partial charge in [-0.15, -0.1) is 23.7 Å². The molecule has 0 aliphatic rings. The van der Waals surface area contributed by atoms with Crippen molar-refractivity contribution in [3.63, 3.8) is 0 Å². The van der Waals surface area contributed by atoms with Gasteiger partial charge >= 0.3 is 6.61 Å². The molecular weight excluding hydrogens is 364 g/mol. The average Bonchev–Trinajstić information content (AvgIpc) is 2.97. The van der Waals surface area contributed by atoms with Crippen LogP contribution in [-0.4, -0.2) is 31.2 Å². The Hall–Kier alpha value is -1.97. The monoisotopic (exact) mass is 379 g/mol. The van der Waals surface area contributed by atoms with Crippen molar-refractivity contribution < 1.29 is 23.0 Å². The maximum atomic E-state index is 12.4. The van der Waals surface area contributed by atoms with Crippen molar-refractivity contribution in [2.45, 2.75) is 13.0 Å². The molecule has 10 heteroatoms. The first-order valence-electron chi connectivity index (χ1n) is 6.62. The summed E-state index contributed by atoms with van der Waals surface area (Å²) < 4.78 is 34.3. The minimum Gasteiger partial charge on any atom is -0.497 e. The zero-order valence-electron chi connectivity index (χ0n) is 12.6. The van der Waals surface area contributed by atoms with Crippen LogP contribution in [0.2, 0.25) is 0 Å². The summed E-state index contributed by atoms with van der Waals surface area (Å²) in [5.41, 5.74) is 5.69. The highest BCUT2D eigenvalue weighted by molar-refractivity contribution is 7.09. The molecule has 0 saturated heterocycles. The van der Waals surface area contributed by atoms with E-state index >= 15 is 0 Å². The molecule has 0 fully saturated rings. The fourth-order valence-electron chi connectivity index (χ4n) is 1.77. The molecular formula is C14H16ClF2N3O3S. The quantitative estimate of drug-likeness (QED) is 0.772. The summed E-state index contributed by atoms with van der Waals surface area (Å²) in [5.74, 6) is -0.299.